The smallest absolute Gasteiger partial charge is 0.332 e. The van der Waals surface area contributed by atoms with E-state index in [1.54, 1.807) is 24.3 Å². The number of fused-ring (bicyclic) bond motifs is 4. The molecule has 3 aliphatic rings. The molecule has 4 amide bonds. The van der Waals surface area contributed by atoms with Crippen LogP contribution in [0.2, 0.25) is 0 Å². The monoisotopic (exact) mass is 572 g/mol. The number of halogens is 1. The van der Waals surface area contributed by atoms with Gasteiger partial charge in [-0.1, -0.05) is 6.07 Å². The van der Waals surface area contributed by atoms with Crippen molar-refractivity contribution < 1.29 is 24.2 Å². The van der Waals surface area contributed by atoms with Gasteiger partial charge in [0.1, 0.15) is 5.41 Å². The van der Waals surface area contributed by atoms with Gasteiger partial charge >= 0.3 is 6.03 Å². The molecule has 2 atom stereocenters. The van der Waals surface area contributed by atoms with Crippen molar-refractivity contribution in [2.75, 3.05) is 40.8 Å². The van der Waals surface area contributed by atoms with E-state index in [1.165, 1.54) is 21.2 Å². The summed E-state index contributed by atoms with van der Waals surface area (Å²) in [5.41, 5.74) is 0.0122. The van der Waals surface area contributed by atoms with Crippen molar-refractivity contribution in [2.45, 2.75) is 25.3 Å². The molecule has 1 aromatic carbocycles. The molecule has 0 aliphatic carbocycles. The van der Waals surface area contributed by atoms with Crippen LogP contribution >= 0.6 is 15.9 Å². The summed E-state index contributed by atoms with van der Waals surface area (Å²) in [6, 6.07) is 7.91. The first-order valence-corrected chi connectivity index (χ1v) is 12.9. The summed E-state index contributed by atoms with van der Waals surface area (Å²) >= 11 is 3.32. The number of aromatic nitrogens is 1. The number of likely N-dealkylation sites (tertiary alicyclic amines) is 1. The van der Waals surface area contributed by atoms with Crippen LogP contribution in [0.15, 0.2) is 39.6 Å². The van der Waals surface area contributed by atoms with E-state index in [2.05, 4.69) is 20.8 Å². The number of hydrogen-bond donors (Lipinski definition) is 1. The van der Waals surface area contributed by atoms with Gasteiger partial charge in [-0.25, -0.2) is 4.79 Å². The number of rotatable bonds is 5. The standard InChI is InChI=1S/C26H29BrN4O6/c1-28-23(34)26(24(35)29(2)25(28)36,10-15-8-18(27)22(33)20(9-15)37-3)14-30-11-16-7-17(13-30)19-5-4-6-21(32)31(19)12-16/h4-6,8-9,16-17,33H,7,10-14H2,1-3H3/t16-,17-/m1/s1. The fourth-order valence-electron chi connectivity index (χ4n) is 6.21. The number of urea groups is 1. The second-order valence-electron chi connectivity index (χ2n) is 10.3. The highest BCUT2D eigenvalue weighted by atomic mass is 79.9. The Morgan fingerprint density at radius 2 is 1.76 bits per heavy atom. The van der Waals surface area contributed by atoms with E-state index in [0.717, 1.165) is 21.9 Å². The minimum Gasteiger partial charge on any atom is -0.503 e. The Balaban J connectivity index is 1.53. The summed E-state index contributed by atoms with van der Waals surface area (Å²) in [5.74, 6) is -0.678. The summed E-state index contributed by atoms with van der Waals surface area (Å²) in [4.78, 5) is 56.7. The average molecular weight is 573 g/mol. The number of imide groups is 2. The highest BCUT2D eigenvalue weighted by Crippen LogP contribution is 2.41. The predicted octanol–water partition coefficient (Wildman–Crippen LogP) is 2.02. The lowest BCUT2D eigenvalue weighted by Gasteiger charge is -2.48. The maximum atomic E-state index is 13.8. The maximum absolute atomic E-state index is 13.8. The Kier molecular flexibility index (Phi) is 6.39. The van der Waals surface area contributed by atoms with Crippen LogP contribution in [-0.4, -0.2) is 83.1 Å². The van der Waals surface area contributed by atoms with Gasteiger partial charge in [-0.3, -0.25) is 24.2 Å². The number of phenols is 1. The highest BCUT2D eigenvalue weighted by molar-refractivity contribution is 9.10. The van der Waals surface area contributed by atoms with Crippen LogP contribution in [0.5, 0.6) is 11.5 Å². The van der Waals surface area contributed by atoms with Crippen LogP contribution in [0, 0.1) is 11.3 Å². The number of benzene rings is 1. The van der Waals surface area contributed by atoms with E-state index >= 15 is 0 Å². The number of amides is 4. The van der Waals surface area contributed by atoms with Gasteiger partial charge in [-0.15, -0.1) is 0 Å². The zero-order valence-electron chi connectivity index (χ0n) is 20.9. The van der Waals surface area contributed by atoms with Crippen molar-refractivity contribution >= 4 is 33.8 Å². The van der Waals surface area contributed by atoms with Crippen LogP contribution in [0.1, 0.15) is 23.6 Å². The average Bonchev–Trinajstić information content (AvgIpc) is 2.88. The molecule has 10 nitrogen and oxygen atoms in total. The molecule has 1 N–H and O–H groups in total. The maximum Gasteiger partial charge on any atom is 0.332 e. The normalized spacial score (nSPS) is 23.3. The molecule has 0 saturated carbocycles. The van der Waals surface area contributed by atoms with Crippen molar-refractivity contribution in [3.63, 3.8) is 0 Å². The fraction of sp³-hybridized carbons (Fsp3) is 0.462. The molecule has 2 fully saturated rings. The number of methoxy groups -OCH3 is 1. The van der Waals surface area contributed by atoms with Crippen LogP contribution in [0.4, 0.5) is 4.79 Å². The Labute approximate surface area is 222 Å². The molecule has 2 bridgehead atoms. The second-order valence-corrected chi connectivity index (χ2v) is 11.1. The van der Waals surface area contributed by atoms with Gasteiger partial charge in [0.15, 0.2) is 11.5 Å². The Hall–Kier alpha value is -3.18. The third kappa shape index (κ3) is 4.14. The lowest BCUT2D eigenvalue weighted by molar-refractivity contribution is -0.159. The Bertz CT molecular complexity index is 1330. The topological polar surface area (TPSA) is 112 Å². The molecule has 37 heavy (non-hydrogen) atoms. The van der Waals surface area contributed by atoms with Gasteiger partial charge < -0.3 is 19.3 Å². The molecule has 2 aromatic rings. The number of phenolic OH excluding ortho intramolecular Hbond substituents is 1. The van der Waals surface area contributed by atoms with Crippen LogP contribution in [0.25, 0.3) is 0 Å². The first-order valence-electron chi connectivity index (χ1n) is 12.1. The van der Waals surface area contributed by atoms with Gasteiger partial charge in [-0.05, 0) is 58.5 Å². The predicted molar refractivity (Wildman–Crippen MR) is 137 cm³/mol. The first-order chi connectivity index (χ1) is 17.6. The lowest BCUT2D eigenvalue weighted by atomic mass is 9.75. The molecule has 0 unspecified atom stereocenters. The van der Waals surface area contributed by atoms with Crippen molar-refractivity contribution in [3.8, 4) is 11.5 Å². The Morgan fingerprint density at radius 3 is 2.43 bits per heavy atom. The molecular weight excluding hydrogens is 544 g/mol. The van der Waals surface area contributed by atoms with Gasteiger partial charge in [-0.2, -0.15) is 0 Å². The number of carbonyl (C=O) groups is 3. The van der Waals surface area contributed by atoms with Gasteiger partial charge in [0.2, 0.25) is 11.8 Å². The lowest BCUT2D eigenvalue weighted by Crippen LogP contribution is -2.67. The molecule has 11 heteroatoms. The highest BCUT2D eigenvalue weighted by Gasteiger charge is 2.56. The van der Waals surface area contributed by atoms with E-state index in [9.17, 15) is 24.3 Å². The number of pyridine rings is 1. The van der Waals surface area contributed by atoms with Crippen LogP contribution in [-0.2, 0) is 22.6 Å². The van der Waals surface area contributed by atoms with E-state index in [1.807, 2.05) is 10.6 Å². The van der Waals surface area contributed by atoms with Gasteiger partial charge in [0, 0.05) is 58.0 Å². The van der Waals surface area contributed by atoms with E-state index in [4.69, 9.17) is 4.74 Å². The molecule has 4 heterocycles. The number of carbonyl (C=O) groups excluding carboxylic acids is 3. The van der Waals surface area contributed by atoms with E-state index < -0.39 is 23.3 Å². The molecule has 1 aromatic heterocycles. The number of nitrogens with zero attached hydrogens (tertiary/aromatic N) is 4. The fourth-order valence-corrected chi connectivity index (χ4v) is 6.70. The van der Waals surface area contributed by atoms with Gasteiger partial charge in [0.05, 0.1) is 11.6 Å². The molecule has 0 spiro atoms. The summed E-state index contributed by atoms with van der Waals surface area (Å²) in [6.07, 6.45) is 0.957. The molecule has 2 saturated heterocycles. The molecule has 3 aliphatic heterocycles. The summed E-state index contributed by atoms with van der Waals surface area (Å²) in [6.45, 7) is 1.94. The van der Waals surface area contributed by atoms with Gasteiger partial charge in [0.25, 0.3) is 5.56 Å². The number of ether oxygens (including phenoxy) is 1. The van der Waals surface area contributed by atoms with Crippen molar-refractivity contribution in [1.29, 1.82) is 0 Å². The summed E-state index contributed by atoms with van der Waals surface area (Å²) in [7, 11) is 4.21. The van der Waals surface area contributed by atoms with E-state index in [-0.39, 0.29) is 41.9 Å². The first kappa shape index (κ1) is 25.5. The minimum atomic E-state index is -1.55. The number of aromatic hydroxyl groups is 1. The molecule has 0 radical (unpaired) electrons. The largest absolute Gasteiger partial charge is 0.503 e. The third-order valence-corrected chi connectivity index (χ3v) is 8.47. The Morgan fingerprint density at radius 1 is 1.05 bits per heavy atom. The number of barbiturate groups is 1. The number of hydrogen-bond acceptors (Lipinski definition) is 7. The zero-order chi connectivity index (χ0) is 26.6. The van der Waals surface area contributed by atoms with Crippen molar-refractivity contribution in [1.82, 2.24) is 19.3 Å². The molecule has 196 valence electrons. The van der Waals surface area contributed by atoms with Crippen molar-refractivity contribution in [3.05, 3.63) is 56.4 Å². The quantitative estimate of drug-likeness (QED) is 0.545. The van der Waals surface area contributed by atoms with Crippen LogP contribution < -0.4 is 10.3 Å². The number of piperidine rings is 1. The summed E-state index contributed by atoms with van der Waals surface area (Å²) < 4.78 is 7.49. The van der Waals surface area contributed by atoms with Crippen LogP contribution in [0.3, 0.4) is 0 Å². The zero-order valence-corrected chi connectivity index (χ0v) is 22.5. The van der Waals surface area contributed by atoms with Crippen molar-refractivity contribution in [2.24, 2.45) is 11.3 Å². The summed E-state index contributed by atoms with van der Waals surface area (Å²) in [5, 5.41) is 10.3. The molecular formula is C26H29BrN4O6. The second kappa shape index (κ2) is 9.29. The third-order valence-electron chi connectivity index (χ3n) is 7.86. The minimum absolute atomic E-state index is 0.0108. The SMILES string of the molecule is COc1cc(CC2(CN3C[C@H]4C[C@H](C3)c3cccc(=O)n3C4)C(=O)N(C)C(=O)N(C)C2=O)cc(Br)c1O. The van der Waals surface area contributed by atoms with E-state index in [0.29, 0.717) is 29.7 Å². The molecule has 5 rings (SSSR count).